The van der Waals surface area contributed by atoms with Crippen LogP contribution < -0.4 is 4.90 Å². The molecule has 3 aliphatic rings. The van der Waals surface area contributed by atoms with Gasteiger partial charge in [-0.05, 0) is 48.6 Å². The summed E-state index contributed by atoms with van der Waals surface area (Å²) in [5.74, 6) is 0.762. The lowest BCUT2D eigenvalue weighted by atomic mass is 9.81. The van der Waals surface area contributed by atoms with Crippen molar-refractivity contribution in [3.8, 4) is 0 Å². The van der Waals surface area contributed by atoms with Gasteiger partial charge in [-0.15, -0.1) is 0 Å². The van der Waals surface area contributed by atoms with E-state index in [2.05, 4.69) is 64.1 Å². The average Bonchev–Trinajstić information content (AvgIpc) is 3.53. The first-order valence-corrected chi connectivity index (χ1v) is 18.4. The summed E-state index contributed by atoms with van der Waals surface area (Å²) in [6, 6.07) is 22.9. The second-order valence-corrected chi connectivity index (χ2v) is 14.7. The zero-order valence-corrected chi connectivity index (χ0v) is 26.7. The molecule has 4 unspecified atom stereocenters. The van der Waals surface area contributed by atoms with Gasteiger partial charge in [-0.25, -0.2) is 8.42 Å². The highest BCUT2D eigenvalue weighted by Crippen LogP contribution is 2.48. The van der Waals surface area contributed by atoms with Gasteiger partial charge in [-0.1, -0.05) is 72.4 Å². The minimum atomic E-state index is -4.33. The topological polar surface area (TPSA) is 119 Å². The normalized spacial score (nSPS) is 23.2. The van der Waals surface area contributed by atoms with Crippen LogP contribution in [0.3, 0.4) is 0 Å². The monoisotopic (exact) mass is 656 g/mol. The molecule has 44 heavy (non-hydrogen) atoms. The minimum Gasteiger partial charge on any atom is -0.748 e. The Morgan fingerprint density at radius 1 is 1.07 bits per heavy atom. The van der Waals surface area contributed by atoms with Gasteiger partial charge in [0.15, 0.2) is 12.6 Å². The second-order valence-electron chi connectivity index (χ2n) is 11.3. The van der Waals surface area contributed by atoms with E-state index in [4.69, 9.17) is 13.5 Å². The zero-order valence-electron chi connectivity index (χ0n) is 24.2. The van der Waals surface area contributed by atoms with Gasteiger partial charge in [0, 0.05) is 35.4 Å². The third-order valence-electron chi connectivity index (χ3n) is 8.50. The first-order chi connectivity index (χ1) is 21.3. The lowest BCUT2D eigenvalue weighted by Gasteiger charge is -2.25. The smallest absolute Gasteiger partial charge is 0.367 e. The molecule has 3 aromatic rings. The van der Waals surface area contributed by atoms with Gasteiger partial charge < -0.3 is 14.2 Å². The number of nitrogens with zero attached hydrogens (tertiary/aromatic N) is 2. The Kier molecular flexibility index (Phi) is 9.74. The molecule has 0 spiro atoms. The summed E-state index contributed by atoms with van der Waals surface area (Å²) in [5.41, 5.74) is 3.62. The Morgan fingerprint density at radius 3 is 2.66 bits per heavy atom. The van der Waals surface area contributed by atoms with Crippen molar-refractivity contribution in [1.82, 2.24) is 0 Å². The number of unbranched alkanes of at least 4 members (excludes halogenated alkanes) is 1. The third-order valence-corrected chi connectivity index (χ3v) is 10.9. The molecule has 12 heteroatoms. The van der Waals surface area contributed by atoms with Crippen molar-refractivity contribution in [3.63, 3.8) is 0 Å². The Labute approximate surface area is 265 Å². The van der Waals surface area contributed by atoms with Crippen LogP contribution in [-0.4, -0.2) is 68.9 Å². The maximum atomic E-state index is 11.5. The van der Waals surface area contributed by atoms with E-state index in [1.807, 2.05) is 18.2 Å². The van der Waals surface area contributed by atoms with Crippen molar-refractivity contribution in [1.29, 1.82) is 0 Å². The van der Waals surface area contributed by atoms with Crippen LogP contribution in [0.25, 0.3) is 10.8 Å². The van der Waals surface area contributed by atoms with E-state index >= 15 is 0 Å². The van der Waals surface area contributed by atoms with E-state index in [9.17, 15) is 17.2 Å². The van der Waals surface area contributed by atoms with Gasteiger partial charge >= 0.3 is 17.2 Å². The molecule has 0 radical (unpaired) electrons. The van der Waals surface area contributed by atoms with Crippen LogP contribution >= 0.6 is 11.8 Å². The molecule has 0 aromatic heterocycles. The summed E-state index contributed by atoms with van der Waals surface area (Å²) < 4.78 is 68.1. The maximum Gasteiger partial charge on any atom is 0.367 e. The van der Waals surface area contributed by atoms with Crippen LogP contribution in [0.2, 0.25) is 0 Å². The van der Waals surface area contributed by atoms with Crippen molar-refractivity contribution in [2.45, 2.75) is 60.8 Å². The molecule has 2 heterocycles. The summed E-state index contributed by atoms with van der Waals surface area (Å²) in [4.78, 5) is 3.30. The van der Waals surface area contributed by atoms with Gasteiger partial charge in [0.25, 0.3) is 0 Å². The van der Waals surface area contributed by atoms with Crippen molar-refractivity contribution in [3.05, 3.63) is 84.3 Å². The predicted octanol–water partition coefficient (Wildman–Crippen LogP) is 5.61. The highest BCUT2D eigenvalue weighted by molar-refractivity contribution is 8.00. The Morgan fingerprint density at radius 2 is 1.86 bits per heavy atom. The van der Waals surface area contributed by atoms with Crippen LogP contribution in [0.5, 0.6) is 0 Å². The summed E-state index contributed by atoms with van der Waals surface area (Å²) in [5, 5.41) is 2.02. The second kappa shape index (κ2) is 13.7. The summed E-state index contributed by atoms with van der Waals surface area (Å²) >= 11 is -0.581. The first kappa shape index (κ1) is 31.3. The number of anilines is 1. The molecule has 6 rings (SSSR count). The fourth-order valence-corrected chi connectivity index (χ4v) is 8.52. The summed E-state index contributed by atoms with van der Waals surface area (Å²) in [6.07, 6.45) is 6.54. The Balaban J connectivity index is 1.32. The lowest BCUT2D eigenvalue weighted by molar-refractivity contribution is -0.496. The van der Waals surface area contributed by atoms with E-state index < -0.39 is 27.2 Å². The van der Waals surface area contributed by atoms with Crippen LogP contribution in [0, 0.1) is 0 Å². The van der Waals surface area contributed by atoms with E-state index in [1.165, 1.54) is 11.3 Å². The van der Waals surface area contributed by atoms with Gasteiger partial charge in [0.05, 0.1) is 28.5 Å². The Hall–Kier alpha value is -2.74. The summed E-state index contributed by atoms with van der Waals surface area (Å²) in [7, 11) is -4.33. The van der Waals surface area contributed by atoms with Crippen molar-refractivity contribution in [2.24, 2.45) is 0 Å². The van der Waals surface area contributed by atoms with E-state index in [0.717, 1.165) is 52.9 Å². The number of fused-ring (bicyclic) bond motifs is 4. The third kappa shape index (κ3) is 7.21. The van der Waals surface area contributed by atoms with Crippen molar-refractivity contribution in [2.75, 3.05) is 30.3 Å². The highest BCUT2D eigenvalue weighted by Gasteiger charge is 2.44. The molecule has 234 valence electrons. The highest BCUT2D eigenvalue weighted by atomic mass is 32.2. The molecule has 2 aliphatic heterocycles. The van der Waals surface area contributed by atoms with Crippen LogP contribution in [-0.2, 0) is 30.4 Å². The molecule has 1 saturated carbocycles. The first-order valence-electron chi connectivity index (χ1n) is 15.0. The molecule has 1 N–H and O–H groups in total. The molecule has 0 amide bonds. The molecular weight excluding hydrogens is 621 g/mol. The maximum absolute atomic E-state index is 11.5. The van der Waals surface area contributed by atoms with E-state index in [1.54, 1.807) is 11.8 Å². The minimum absolute atomic E-state index is 0.0175. The lowest BCUT2D eigenvalue weighted by Crippen LogP contribution is -2.31. The molecule has 0 bridgehead atoms. The van der Waals surface area contributed by atoms with E-state index in [0.29, 0.717) is 25.4 Å². The SMILES string of the molecule is O=S(O)OCCCC[N+]1=C2CC(c3ccccc3)CCC2OC1=CC1Sc2ccc3ccccc3c2N1CCCS(=O)(=O)[O-]. The Bertz CT molecular complexity index is 1690. The zero-order chi connectivity index (χ0) is 30.7. The molecule has 0 saturated heterocycles. The number of ether oxygens (including phenoxy) is 1. The number of thioether (sulfide) groups is 1. The van der Waals surface area contributed by atoms with Crippen molar-refractivity contribution >= 4 is 55.4 Å². The van der Waals surface area contributed by atoms with Crippen LogP contribution in [0.4, 0.5) is 5.69 Å². The largest absolute Gasteiger partial charge is 0.748 e. The van der Waals surface area contributed by atoms with Gasteiger partial charge in [0.2, 0.25) is 5.71 Å². The number of hydrogen-bond donors (Lipinski definition) is 1. The number of hydrogen-bond acceptors (Lipinski definition) is 8. The van der Waals surface area contributed by atoms with Crippen LogP contribution in [0.15, 0.2) is 83.6 Å². The molecule has 3 aromatic carbocycles. The number of benzene rings is 3. The van der Waals surface area contributed by atoms with Gasteiger partial charge in [-0.3, -0.25) is 8.74 Å². The van der Waals surface area contributed by atoms with E-state index in [-0.39, 0.29) is 24.5 Å². The standard InChI is InChI=1S/C32H36N2O7S3/c35-43(36)40-19-7-6-17-33-27-21-25(23-9-2-1-3-10-23)13-15-28(27)41-30(33)22-31-34(18-8-20-44(37,38)39)32-26-12-5-4-11-24(26)14-16-29(32)42-31/h1-5,9-12,14,16,22,25,28,31H,6-8,13,15,17-21H2,(H-,35,36,37,38,39). The summed E-state index contributed by atoms with van der Waals surface area (Å²) in [6.45, 7) is 1.29. The molecule has 1 fully saturated rings. The predicted molar refractivity (Wildman–Crippen MR) is 172 cm³/mol. The molecule has 9 nitrogen and oxygen atoms in total. The van der Waals surface area contributed by atoms with Gasteiger partial charge in [-0.2, -0.15) is 8.78 Å². The average molecular weight is 657 g/mol. The molecular formula is C32H36N2O7S3. The van der Waals surface area contributed by atoms with Crippen LogP contribution in [0.1, 0.15) is 50.0 Å². The van der Waals surface area contributed by atoms with Gasteiger partial charge in [0.1, 0.15) is 5.37 Å². The fraction of sp³-hybridized carbons (Fsp3) is 0.406. The molecule has 1 aliphatic carbocycles. The quantitative estimate of drug-likeness (QED) is 0.115. The van der Waals surface area contributed by atoms with Crippen molar-refractivity contribution < 1.29 is 35.2 Å². The number of rotatable bonds is 12. The molecule has 4 atom stereocenters. The fourth-order valence-electron chi connectivity index (χ4n) is 6.51.